The van der Waals surface area contributed by atoms with Crippen molar-refractivity contribution in [3.63, 3.8) is 0 Å². The van der Waals surface area contributed by atoms with Gasteiger partial charge in [0.2, 0.25) is 0 Å². The molecule has 240 valence electrons. The van der Waals surface area contributed by atoms with Gasteiger partial charge in [-0.1, -0.05) is 13.8 Å². The van der Waals surface area contributed by atoms with E-state index in [-0.39, 0.29) is 11.9 Å². The Balaban J connectivity index is 2.03. The van der Waals surface area contributed by atoms with Gasteiger partial charge in [0, 0.05) is 12.8 Å². The Morgan fingerprint density at radius 3 is 1.12 bits per heavy atom. The summed E-state index contributed by atoms with van der Waals surface area (Å²) in [6.45, 7) is 24.4. The van der Waals surface area contributed by atoms with Crippen molar-refractivity contribution in [2.24, 2.45) is 16.2 Å². The molecule has 2 aliphatic rings. The minimum absolute atomic E-state index is 0.266. The van der Waals surface area contributed by atoms with Crippen LogP contribution in [-0.4, -0.2) is 74.7 Å². The van der Waals surface area contributed by atoms with Crippen molar-refractivity contribution in [2.75, 3.05) is 39.6 Å². The third-order valence-electron chi connectivity index (χ3n) is 7.51. The predicted octanol–water partition coefficient (Wildman–Crippen LogP) is 5.74. The van der Waals surface area contributed by atoms with Gasteiger partial charge in [-0.05, 0) is 82.1 Å². The molecule has 41 heavy (non-hydrogen) atoms. The number of carbonyl (C=O) groups excluding carboxylic acids is 2. The maximum absolute atomic E-state index is 12.5. The van der Waals surface area contributed by atoms with Crippen LogP contribution < -0.4 is 0 Å². The molecular weight excluding hydrogens is 532 g/mol. The highest BCUT2D eigenvalue weighted by atomic mass is 16.9. The number of hydrogen-bond donors (Lipinski definition) is 0. The van der Waals surface area contributed by atoms with Crippen LogP contribution in [0.4, 0.5) is 0 Å². The van der Waals surface area contributed by atoms with Gasteiger partial charge in [0.15, 0.2) is 0 Å². The second-order valence-electron chi connectivity index (χ2n) is 14.0. The molecule has 0 N–H and O–H groups in total. The number of hydrogen-bond acceptors (Lipinski definition) is 10. The molecule has 2 aliphatic heterocycles. The molecule has 0 atom stereocenters. The summed E-state index contributed by atoms with van der Waals surface area (Å²) in [5, 5.41) is 0. The molecular formula is C31H56O10. The molecule has 0 amide bonds. The van der Waals surface area contributed by atoms with E-state index in [1.54, 1.807) is 13.8 Å². The average Bonchev–Trinajstić information content (AvgIpc) is 2.86. The summed E-state index contributed by atoms with van der Waals surface area (Å²) in [6, 6.07) is 0. The van der Waals surface area contributed by atoms with Gasteiger partial charge in [-0.15, -0.1) is 0 Å². The van der Waals surface area contributed by atoms with Crippen LogP contribution in [0.25, 0.3) is 0 Å². The number of carbonyl (C=O) groups is 2. The minimum Gasteiger partial charge on any atom is -0.466 e. The van der Waals surface area contributed by atoms with Gasteiger partial charge in [0.05, 0.1) is 67.1 Å². The first kappa shape index (κ1) is 35.9. The van der Waals surface area contributed by atoms with Crippen molar-refractivity contribution in [2.45, 2.75) is 132 Å². The molecule has 0 radical (unpaired) electrons. The second-order valence-corrected chi connectivity index (χ2v) is 14.0. The van der Waals surface area contributed by atoms with Crippen LogP contribution in [0.2, 0.25) is 0 Å². The lowest BCUT2D eigenvalue weighted by Gasteiger charge is -2.52. The lowest BCUT2D eigenvalue weighted by atomic mass is 9.81. The minimum atomic E-state index is -1.25. The van der Waals surface area contributed by atoms with Gasteiger partial charge in [-0.2, -0.15) is 0 Å². The quantitative estimate of drug-likeness (QED) is 0.233. The van der Waals surface area contributed by atoms with Crippen LogP contribution in [0.3, 0.4) is 0 Å². The molecule has 2 fully saturated rings. The smallest absolute Gasteiger partial charge is 0.311 e. The largest absolute Gasteiger partial charge is 0.466 e. The van der Waals surface area contributed by atoms with E-state index in [9.17, 15) is 9.59 Å². The standard InChI is InChI=1S/C31H56O10/c1-13-30(40-27(9,10)17-25(5,6)23(32)34-15-3)36-19-29(20-37-30)21-38-31(14-2,39-22-29)41-28(11,12)18-26(7,8)24(33)35-16-4/h13-22H2,1-12H3. The lowest BCUT2D eigenvalue weighted by Crippen LogP contribution is -2.62. The highest BCUT2D eigenvalue weighted by molar-refractivity contribution is 5.76. The van der Waals surface area contributed by atoms with Crippen molar-refractivity contribution in [3.8, 4) is 0 Å². The van der Waals surface area contributed by atoms with Crippen LogP contribution in [0.1, 0.15) is 109 Å². The summed E-state index contributed by atoms with van der Waals surface area (Å²) in [7, 11) is 0. The highest BCUT2D eigenvalue weighted by Crippen LogP contribution is 2.44. The fourth-order valence-corrected chi connectivity index (χ4v) is 5.90. The van der Waals surface area contributed by atoms with Gasteiger partial charge in [-0.25, -0.2) is 0 Å². The van der Waals surface area contributed by atoms with E-state index < -0.39 is 39.4 Å². The lowest BCUT2D eigenvalue weighted by molar-refractivity contribution is -0.483. The van der Waals surface area contributed by atoms with Crippen LogP contribution in [-0.2, 0) is 47.5 Å². The monoisotopic (exact) mass is 588 g/mol. The fraction of sp³-hybridized carbons (Fsp3) is 0.935. The number of rotatable bonds is 14. The Labute approximate surface area is 247 Å². The van der Waals surface area contributed by atoms with Crippen LogP contribution in [0.15, 0.2) is 0 Å². The van der Waals surface area contributed by atoms with E-state index in [1.165, 1.54) is 0 Å². The van der Waals surface area contributed by atoms with Gasteiger partial charge in [0.25, 0.3) is 11.9 Å². The Kier molecular flexibility index (Phi) is 11.5. The van der Waals surface area contributed by atoms with Crippen molar-refractivity contribution >= 4 is 11.9 Å². The Hall–Kier alpha value is -1.30. The molecule has 2 heterocycles. The summed E-state index contributed by atoms with van der Waals surface area (Å²) in [6.07, 6.45) is 1.76. The number of ether oxygens (including phenoxy) is 8. The van der Waals surface area contributed by atoms with Crippen LogP contribution in [0.5, 0.6) is 0 Å². The SMILES string of the molecule is CCOC(=O)C(C)(C)CC(C)(C)OC1(CC)OCC2(CO1)COC(CC)(OC(C)(C)CC(C)(C)C(=O)OCC)OC2. The third kappa shape index (κ3) is 9.34. The van der Waals surface area contributed by atoms with Gasteiger partial charge < -0.3 is 37.9 Å². The molecule has 0 unspecified atom stereocenters. The predicted molar refractivity (Wildman–Crippen MR) is 153 cm³/mol. The molecule has 0 aliphatic carbocycles. The zero-order chi connectivity index (χ0) is 31.4. The van der Waals surface area contributed by atoms with E-state index in [1.807, 2.05) is 69.2 Å². The Bertz CT molecular complexity index is 800. The van der Waals surface area contributed by atoms with E-state index in [0.29, 0.717) is 65.3 Å². The van der Waals surface area contributed by atoms with Crippen LogP contribution in [0, 0.1) is 16.2 Å². The van der Waals surface area contributed by atoms with Crippen molar-refractivity contribution < 1.29 is 47.5 Å². The summed E-state index contributed by atoms with van der Waals surface area (Å²) in [5.41, 5.74) is -3.47. The molecule has 0 aromatic rings. The first-order chi connectivity index (χ1) is 18.7. The molecule has 0 bridgehead atoms. The zero-order valence-corrected chi connectivity index (χ0v) is 27.7. The topological polar surface area (TPSA) is 108 Å². The molecule has 0 saturated carbocycles. The summed E-state index contributed by atoms with van der Waals surface area (Å²) < 4.78 is 48.5. The number of esters is 2. The fourth-order valence-electron chi connectivity index (χ4n) is 5.90. The molecule has 0 aromatic heterocycles. The Morgan fingerprint density at radius 2 is 0.878 bits per heavy atom. The molecule has 10 nitrogen and oxygen atoms in total. The zero-order valence-electron chi connectivity index (χ0n) is 27.7. The summed E-state index contributed by atoms with van der Waals surface area (Å²) in [4.78, 5) is 25.0. The normalized spacial score (nSPS) is 28.0. The molecule has 2 saturated heterocycles. The van der Waals surface area contributed by atoms with Gasteiger partial charge in [-0.3, -0.25) is 9.59 Å². The maximum atomic E-state index is 12.5. The molecule has 0 aromatic carbocycles. The van der Waals surface area contributed by atoms with E-state index >= 15 is 0 Å². The summed E-state index contributed by atoms with van der Waals surface area (Å²) >= 11 is 0. The third-order valence-corrected chi connectivity index (χ3v) is 7.51. The first-order valence-electron chi connectivity index (χ1n) is 15.0. The van der Waals surface area contributed by atoms with Crippen molar-refractivity contribution in [3.05, 3.63) is 0 Å². The molecule has 1 spiro atoms. The first-order valence-corrected chi connectivity index (χ1v) is 15.0. The second kappa shape index (κ2) is 13.1. The van der Waals surface area contributed by atoms with E-state index in [4.69, 9.17) is 37.9 Å². The van der Waals surface area contributed by atoms with Crippen LogP contribution >= 0.6 is 0 Å². The van der Waals surface area contributed by atoms with Crippen molar-refractivity contribution in [1.82, 2.24) is 0 Å². The molecule has 2 rings (SSSR count). The van der Waals surface area contributed by atoms with Gasteiger partial charge in [0.1, 0.15) is 0 Å². The summed E-state index contributed by atoms with van der Waals surface area (Å²) in [5.74, 6) is -3.04. The Morgan fingerprint density at radius 1 is 0.585 bits per heavy atom. The van der Waals surface area contributed by atoms with E-state index in [0.717, 1.165) is 0 Å². The average molecular weight is 589 g/mol. The maximum Gasteiger partial charge on any atom is 0.311 e. The van der Waals surface area contributed by atoms with Crippen molar-refractivity contribution in [1.29, 1.82) is 0 Å². The highest BCUT2D eigenvalue weighted by Gasteiger charge is 2.54. The van der Waals surface area contributed by atoms with Gasteiger partial charge >= 0.3 is 11.9 Å². The molecule has 10 heteroatoms. The van der Waals surface area contributed by atoms with E-state index in [2.05, 4.69) is 0 Å².